The highest BCUT2D eigenvalue weighted by Crippen LogP contribution is 2.14. The molecule has 0 spiro atoms. The minimum absolute atomic E-state index is 0. The molecule has 0 aliphatic heterocycles. The van der Waals surface area contributed by atoms with Crippen LogP contribution in [-0.2, 0) is 4.79 Å². The summed E-state index contributed by atoms with van der Waals surface area (Å²) < 4.78 is 18.3. The van der Waals surface area contributed by atoms with Crippen LogP contribution in [0.5, 0.6) is 5.75 Å². The fourth-order valence-electron chi connectivity index (χ4n) is 1.18. The van der Waals surface area contributed by atoms with Crippen molar-refractivity contribution < 1.29 is 13.9 Å². The fourth-order valence-corrected chi connectivity index (χ4v) is 1.18. The second-order valence-electron chi connectivity index (χ2n) is 3.71. The van der Waals surface area contributed by atoms with Gasteiger partial charge >= 0.3 is 0 Å². The molecule has 0 aliphatic rings. The zero-order chi connectivity index (χ0) is 12.7. The van der Waals surface area contributed by atoms with Crippen LogP contribution in [0.1, 0.15) is 6.92 Å². The molecule has 0 aromatic heterocycles. The van der Waals surface area contributed by atoms with Crippen LogP contribution >= 0.6 is 12.4 Å². The number of halogens is 2. The van der Waals surface area contributed by atoms with E-state index >= 15 is 0 Å². The monoisotopic (exact) mass is 276 g/mol. The summed E-state index contributed by atoms with van der Waals surface area (Å²) in [6, 6.07) is 6.14. The van der Waals surface area contributed by atoms with Gasteiger partial charge in [-0.3, -0.25) is 4.79 Å². The number of benzene rings is 1. The van der Waals surface area contributed by atoms with Gasteiger partial charge in [-0.15, -0.1) is 12.4 Å². The zero-order valence-corrected chi connectivity index (χ0v) is 11.0. The van der Waals surface area contributed by atoms with Gasteiger partial charge in [-0.2, -0.15) is 0 Å². The number of hydrogen-bond donors (Lipinski definition) is 2. The third-order valence-corrected chi connectivity index (χ3v) is 2.30. The molecule has 1 rings (SSSR count). The highest BCUT2D eigenvalue weighted by molar-refractivity contribution is 5.85. The van der Waals surface area contributed by atoms with Crippen molar-refractivity contribution in [1.82, 2.24) is 5.32 Å². The van der Waals surface area contributed by atoms with Gasteiger partial charge in [-0.05, 0) is 12.1 Å². The van der Waals surface area contributed by atoms with Crippen LogP contribution in [0.2, 0.25) is 0 Å². The second kappa shape index (κ2) is 8.72. The van der Waals surface area contributed by atoms with E-state index < -0.39 is 5.82 Å². The molecule has 3 N–H and O–H groups in total. The van der Waals surface area contributed by atoms with Gasteiger partial charge in [0.1, 0.15) is 6.61 Å². The number of hydrogen-bond acceptors (Lipinski definition) is 3. The molecule has 0 fully saturated rings. The largest absolute Gasteiger partial charge is 0.489 e. The number of carbonyl (C=O) groups excluding carboxylic acids is 1. The van der Waals surface area contributed by atoms with Gasteiger partial charge in [0.15, 0.2) is 11.6 Å². The van der Waals surface area contributed by atoms with Gasteiger partial charge < -0.3 is 15.8 Å². The Morgan fingerprint density at radius 2 is 2.17 bits per heavy atom. The highest BCUT2D eigenvalue weighted by Gasteiger charge is 2.09. The predicted octanol–water partition coefficient (Wildman–Crippen LogP) is 1.34. The van der Waals surface area contributed by atoms with E-state index in [0.29, 0.717) is 13.1 Å². The molecule has 0 saturated carbocycles. The van der Waals surface area contributed by atoms with Gasteiger partial charge in [-0.1, -0.05) is 19.1 Å². The lowest BCUT2D eigenvalue weighted by Crippen LogP contribution is -2.35. The summed E-state index contributed by atoms with van der Waals surface area (Å²) >= 11 is 0. The summed E-state index contributed by atoms with van der Waals surface area (Å²) in [6.45, 7) is 2.61. The molecule has 1 atom stereocenters. The topological polar surface area (TPSA) is 64.4 Å². The van der Waals surface area contributed by atoms with Crippen LogP contribution in [0.3, 0.4) is 0 Å². The van der Waals surface area contributed by atoms with Gasteiger partial charge in [-0.25, -0.2) is 4.39 Å². The van der Waals surface area contributed by atoms with Crippen LogP contribution < -0.4 is 15.8 Å². The standard InChI is InChI=1S/C12H17FN2O2.ClH/c1-9(8-14)12(16)15-6-7-17-11-5-3-2-4-10(11)13;/h2-5,9H,6-8,14H2,1H3,(H,15,16);1H. The van der Waals surface area contributed by atoms with Crippen molar-refractivity contribution in [2.45, 2.75) is 6.92 Å². The molecule has 0 aliphatic carbocycles. The Bertz CT molecular complexity index is 377. The smallest absolute Gasteiger partial charge is 0.224 e. The molecule has 102 valence electrons. The molecule has 0 heterocycles. The van der Waals surface area contributed by atoms with Crippen molar-refractivity contribution in [2.75, 3.05) is 19.7 Å². The average molecular weight is 277 g/mol. The summed E-state index contributed by atoms with van der Waals surface area (Å²) in [5.74, 6) is -0.559. The van der Waals surface area contributed by atoms with E-state index in [4.69, 9.17) is 10.5 Å². The molecule has 1 aromatic carbocycles. The number of ether oxygens (including phenoxy) is 1. The van der Waals surface area contributed by atoms with Crippen LogP contribution in [-0.4, -0.2) is 25.6 Å². The maximum atomic E-state index is 13.1. The fraction of sp³-hybridized carbons (Fsp3) is 0.417. The van der Waals surface area contributed by atoms with E-state index in [1.165, 1.54) is 6.07 Å². The van der Waals surface area contributed by atoms with E-state index in [-0.39, 0.29) is 36.6 Å². The van der Waals surface area contributed by atoms with Crippen molar-refractivity contribution in [3.8, 4) is 5.75 Å². The summed E-state index contributed by atoms with van der Waals surface area (Å²) in [5.41, 5.74) is 5.35. The third kappa shape index (κ3) is 5.33. The first kappa shape index (κ1) is 16.7. The SMILES string of the molecule is CC(CN)C(=O)NCCOc1ccccc1F.Cl. The minimum atomic E-state index is -0.408. The van der Waals surface area contributed by atoms with Crippen molar-refractivity contribution in [2.24, 2.45) is 11.7 Å². The Balaban J connectivity index is 0.00000289. The van der Waals surface area contributed by atoms with Crippen LogP contribution in [0.15, 0.2) is 24.3 Å². The van der Waals surface area contributed by atoms with Crippen molar-refractivity contribution in [3.05, 3.63) is 30.1 Å². The minimum Gasteiger partial charge on any atom is -0.489 e. The summed E-state index contributed by atoms with van der Waals surface area (Å²) in [6.07, 6.45) is 0. The Labute approximate surface area is 112 Å². The molecular weight excluding hydrogens is 259 g/mol. The van der Waals surface area contributed by atoms with Crippen molar-refractivity contribution in [3.63, 3.8) is 0 Å². The number of amides is 1. The number of nitrogens with two attached hydrogens (primary N) is 1. The molecule has 1 amide bonds. The molecule has 1 aromatic rings. The Kier molecular flexibility index (Phi) is 8.07. The zero-order valence-electron chi connectivity index (χ0n) is 10.2. The first-order valence-electron chi connectivity index (χ1n) is 5.50. The number of nitrogens with one attached hydrogen (secondary N) is 1. The van der Waals surface area contributed by atoms with Crippen LogP contribution in [0.25, 0.3) is 0 Å². The third-order valence-electron chi connectivity index (χ3n) is 2.30. The Morgan fingerprint density at radius 1 is 1.50 bits per heavy atom. The summed E-state index contributed by atoms with van der Waals surface area (Å²) in [4.78, 5) is 11.3. The van der Waals surface area contributed by atoms with E-state index in [2.05, 4.69) is 5.32 Å². The molecule has 1 unspecified atom stereocenters. The first-order valence-corrected chi connectivity index (χ1v) is 5.50. The van der Waals surface area contributed by atoms with Gasteiger partial charge in [0.25, 0.3) is 0 Å². The van der Waals surface area contributed by atoms with E-state index in [1.807, 2.05) is 0 Å². The predicted molar refractivity (Wildman–Crippen MR) is 70.4 cm³/mol. The van der Waals surface area contributed by atoms with Crippen LogP contribution in [0, 0.1) is 11.7 Å². The number of rotatable bonds is 6. The molecule has 0 saturated heterocycles. The lowest BCUT2D eigenvalue weighted by molar-refractivity contribution is -0.124. The molecule has 4 nitrogen and oxygen atoms in total. The van der Waals surface area contributed by atoms with Gasteiger partial charge in [0, 0.05) is 12.5 Å². The van der Waals surface area contributed by atoms with Crippen molar-refractivity contribution >= 4 is 18.3 Å². The van der Waals surface area contributed by atoms with Gasteiger partial charge in [0.05, 0.1) is 6.54 Å². The number of para-hydroxylation sites is 1. The molecule has 0 bridgehead atoms. The lowest BCUT2D eigenvalue weighted by Gasteiger charge is -2.11. The molecule has 18 heavy (non-hydrogen) atoms. The van der Waals surface area contributed by atoms with E-state index in [0.717, 1.165) is 0 Å². The molecule has 0 radical (unpaired) electrons. The Hall–Kier alpha value is -1.33. The quantitative estimate of drug-likeness (QED) is 0.771. The lowest BCUT2D eigenvalue weighted by atomic mass is 10.2. The van der Waals surface area contributed by atoms with Gasteiger partial charge in [0.2, 0.25) is 5.91 Å². The average Bonchev–Trinajstić information content (AvgIpc) is 2.35. The maximum Gasteiger partial charge on any atom is 0.224 e. The van der Waals surface area contributed by atoms with Crippen molar-refractivity contribution in [1.29, 1.82) is 0 Å². The first-order chi connectivity index (χ1) is 8.15. The molecule has 6 heteroatoms. The normalized spacial score (nSPS) is 11.3. The summed E-state index contributed by atoms with van der Waals surface area (Å²) in [7, 11) is 0. The molecular formula is C12H18ClFN2O2. The second-order valence-corrected chi connectivity index (χ2v) is 3.71. The number of carbonyl (C=O) groups is 1. The van der Waals surface area contributed by atoms with E-state index in [1.54, 1.807) is 25.1 Å². The summed E-state index contributed by atoms with van der Waals surface area (Å²) in [5, 5.41) is 2.66. The van der Waals surface area contributed by atoms with E-state index in [9.17, 15) is 9.18 Å². The Morgan fingerprint density at radius 3 is 2.78 bits per heavy atom. The maximum absolute atomic E-state index is 13.1. The highest BCUT2D eigenvalue weighted by atomic mass is 35.5. The van der Waals surface area contributed by atoms with Crippen LogP contribution in [0.4, 0.5) is 4.39 Å².